The van der Waals surface area contributed by atoms with Gasteiger partial charge < -0.3 is 14.6 Å². The Morgan fingerprint density at radius 2 is 1.52 bits per heavy atom. The topological polar surface area (TPSA) is 89.9 Å². The predicted octanol–water partition coefficient (Wildman–Crippen LogP) is 3.59. The Bertz CT molecular complexity index is 510. The number of carboxylic acid groups (broad SMARTS) is 1. The smallest absolute Gasteiger partial charge is 0.312 e. The first-order valence-corrected chi connectivity index (χ1v) is 8.57. The predicted molar refractivity (Wildman–Crippen MR) is 94.9 cm³/mol. The number of carboxylic acids is 1. The van der Waals surface area contributed by atoms with Crippen LogP contribution in [0.1, 0.15) is 60.8 Å². The minimum Gasteiger partial charge on any atom is -0.481 e. The second-order valence-electron chi connectivity index (χ2n) is 7.63. The fraction of sp³-hybridized carbons (Fsp3) is 0.737. The molecule has 0 aromatic heterocycles. The van der Waals surface area contributed by atoms with Gasteiger partial charge in [-0.3, -0.25) is 14.4 Å². The first kappa shape index (κ1) is 23.1. The van der Waals surface area contributed by atoms with Gasteiger partial charge in [0.15, 0.2) is 0 Å². The number of ether oxygens (including phenoxy) is 2. The van der Waals surface area contributed by atoms with Crippen molar-refractivity contribution >= 4 is 17.9 Å². The normalized spacial score (nSPS) is 16.2. The SMILES string of the molecule is C=CCOC(=O)C(C)(CC(C)(C)C(=O)OCC)CC(C)(CC)C(=O)O. The molecule has 144 valence electrons. The van der Waals surface area contributed by atoms with E-state index in [4.69, 9.17) is 9.47 Å². The highest BCUT2D eigenvalue weighted by Crippen LogP contribution is 2.45. The number of carbonyl (C=O) groups excluding carboxylic acids is 2. The molecule has 0 amide bonds. The first-order valence-electron chi connectivity index (χ1n) is 8.57. The molecule has 0 aromatic carbocycles. The van der Waals surface area contributed by atoms with E-state index in [2.05, 4.69) is 6.58 Å². The average molecular weight is 356 g/mol. The molecule has 1 N–H and O–H groups in total. The van der Waals surface area contributed by atoms with Crippen molar-refractivity contribution in [3.8, 4) is 0 Å². The van der Waals surface area contributed by atoms with Crippen LogP contribution in [-0.2, 0) is 23.9 Å². The Kier molecular flexibility index (Phi) is 8.35. The summed E-state index contributed by atoms with van der Waals surface area (Å²) in [6, 6.07) is 0. The van der Waals surface area contributed by atoms with E-state index in [-0.39, 0.29) is 26.1 Å². The van der Waals surface area contributed by atoms with Gasteiger partial charge in [0.25, 0.3) is 0 Å². The minimum absolute atomic E-state index is 0.0319. The lowest BCUT2D eigenvalue weighted by atomic mass is 9.65. The van der Waals surface area contributed by atoms with Crippen molar-refractivity contribution in [1.82, 2.24) is 0 Å². The fourth-order valence-electron chi connectivity index (χ4n) is 3.10. The average Bonchev–Trinajstić information content (AvgIpc) is 2.51. The summed E-state index contributed by atoms with van der Waals surface area (Å²) < 4.78 is 10.3. The molecular weight excluding hydrogens is 324 g/mol. The van der Waals surface area contributed by atoms with Crippen molar-refractivity contribution in [3.05, 3.63) is 12.7 Å². The Morgan fingerprint density at radius 1 is 0.960 bits per heavy atom. The van der Waals surface area contributed by atoms with Crippen LogP contribution in [-0.4, -0.2) is 36.2 Å². The van der Waals surface area contributed by atoms with Crippen LogP contribution in [0.2, 0.25) is 0 Å². The van der Waals surface area contributed by atoms with Gasteiger partial charge in [0.1, 0.15) is 6.61 Å². The second kappa shape index (κ2) is 9.02. The van der Waals surface area contributed by atoms with Crippen LogP contribution in [0.4, 0.5) is 0 Å². The maximum Gasteiger partial charge on any atom is 0.312 e. The molecule has 0 spiro atoms. The lowest BCUT2D eigenvalue weighted by Gasteiger charge is -2.38. The monoisotopic (exact) mass is 356 g/mol. The van der Waals surface area contributed by atoms with Crippen molar-refractivity contribution in [1.29, 1.82) is 0 Å². The third kappa shape index (κ3) is 6.18. The Labute approximate surface area is 150 Å². The standard InChI is InChI=1S/C19H32O6/c1-8-11-25-16(23)19(7,13-18(6,9-2)14(20)21)12-17(4,5)15(22)24-10-3/h8H,1,9-13H2,2-7H3,(H,20,21). The van der Waals surface area contributed by atoms with E-state index in [9.17, 15) is 19.5 Å². The van der Waals surface area contributed by atoms with Crippen LogP contribution < -0.4 is 0 Å². The van der Waals surface area contributed by atoms with Gasteiger partial charge in [-0.05, 0) is 53.9 Å². The summed E-state index contributed by atoms with van der Waals surface area (Å²) in [5.41, 5.74) is -3.21. The van der Waals surface area contributed by atoms with E-state index in [1.165, 1.54) is 6.08 Å². The van der Waals surface area contributed by atoms with Crippen molar-refractivity contribution in [2.24, 2.45) is 16.2 Å². The maximum atomic E-state index is 12.7. The largest absolute Gasteiger partial charge is 0.481 e. The summed E-state index contributed by atoms with van der Waals surface area (Å²) in [4.78, 5) is 36.6. The van der Waals surface area contributed by atoms with Crippen molar-refractivity contribution in [3.63, 3.8) is 0 Å². The third-order valence-corrected chi connectivity index (χ3v) is 4.56. The summed E-state index contributed by atoms with van der Waals surface area (Å²) in [5, 5.41) is 9.59. The summed E-state index contributed by atoms with van der Waals surface area (Å²) in [6.45, 7) is 13.9. The molecule has 6 nitrogen and oxygen atoms in total. The molecule has 0 aliphatic heterocycles. The summed E-state index contributed by atoms with van der Waals surface area (Å²) in [5.74, 6) is -1.94. The molecule has 0 fully saturated rings. The molecule has 0 aliphatic carbocycles. The number of carbonyl (C=O) groups is 3. The zero-order chi connectivity index (χ0) is 19.9. The molecule has 0 radical (unpaired) electrons. The van der Waals surface area contributed by atoms with Gasteiger partial charge in [0, 0.05) is 0 Å². The fourth-order valence-corrected chi connectivity index (χ4v) is 3.10. The number of rotatable bonds is 11. The third-order valence-electron chi connectivity index (χ3n) is 4.56. The molecule has 2 atom stereocenters. The van der Waals surface area contributed by atoms with Crippen LogP contribution in [0.25, 0.3) is 0 Å². The van der Waals surface area contributed by atoms with Crippen molar-refractivity contribution < 1.29 is 29.0 Å². The summed E-state index contributed by atoms with van der Waals surface area (Å²) in [7, 11) is 0. The van der Waals surface area contributed by atoms with E-state index in [0.717, 1.165) is 0 Å². The molecule has 0 aliphatic rings. The van der Waals surface area contributed by atoms with Gasteiger partial charge in [-0.15, -0.1) is 0 Å². The molecule has 0 saturated heterocycles. The minimum atomic E-state index is -1.15. The van der Waals surface area contributed by atoms with Gasteiger partial charge in [0.05, 0.1) is 22.9 Å². The molecule has 25 heavy (non-hydrogen) atoms. The molecule has 6 heteroatoms. The summed E-state index contributed by atoms with van der Waals surface area (Å²) in [6.07, 6.45) is 1.99. The van der Waals surface area contributed by atoms with E-state index in [1.807, 2.05) is 0 Å². The summed E-state index contributed by atoms with van der Waals surface area (Å²) >= 11 is 0. The molecule has 0 rings (SSSR count). The van der Waals surface area contributed by atoms with E-state index in [1.54, 1.807) is 41.5 Å². The highest BCUT2D eigenvalue weighted by molar-refractivity contribution is 5.82. The van der Waals surface area contributed by atoms with Gasteiger partial charge in [-0.2, -0.15) is 0 Å². The van der Waals surface area contributed by atoms with E-state index >= 15 is 0 Å². The Morgan fingerprint density at radius 3 is 1.92 bits per heavy atom. The molecular formula is C19H32O6. The molecule has 0 saturated carbocycles. The highest BCUT2D eigenvalue weighted by Gasteiger charge is 2.49. The van der Waals surface area contributed by atoms with Crippen LogP contribution in [0, 0.1) is 16.2 Å². The molecule has 0 aromatic rings. The zero-order valence-electron chi connectivity index (χ0n) is 16.3. The first-order chi connectivity index (χ1) is 11.4. The van der Waals surface area contributed by atoms with Gasteiger partial charge >= 0.3 is 17.9 Å². The van der Waals surface area contributed by atoms with Crippen LogP contribution in [0.5, 0.6) is 0 Å². The van der Waals surface area contributed by atoms with Crippen LogP contribution >= 0.6 is 0 Å². The quantitative estimate of drug-likeness (QED) is 0.449. The lowest BCUT2D eigenvalue weighted by molar-refractivity contribution is -0.166. The maximum absolute atomic E-state index is 12.7. The van der Waals surface area contributed by atoms with Crippen LogP contribution in [0.3, 0.4) is 0 Å². The van der Waals surface area contributed by atoms with Gasteiger partial charge in [-0.25, -0.2) is 0 Å². The van der Waals surface area contributed by atoms with Gasteiger partial charge in [0.2, 0.25) is 0 Å². The number of esters is 2. The Balaban J connectivity index is 5.75. The van der Waals surface area contributed by atoms with Crippen molar-refractivity contribution in [2.45, 2.75) is 60.8 Å². The van der Waals surface area contributed by atoms with E-state index in [0.29, 0.717) is 6.42 Å². The molecule has 0 heterocycles. The number of hydrogen-bond donors (Lipinski definition) is 1. The second-order valence-corrected chi connectivity index (χ2v) is 7.63. The van der Waals surface area contributed by atoms with Crippen molar-refractivity contribution in [2.75, 3.05) is 13.2 Å². The van der Waals surface area contributed by atoms with E-state index < -0.39 is 34.2 Å². The molecule has 2 unspecified atom stereocenters. The number of aliphatic carboxylic acids is 1. The zero-order valence-corrected chi connectivity index (χ0v) is 16.3. The molecule has 0 bridgehead atoms. The van der Waals surface area contributed by atoms with Crippen LogP contribution in [0.15, 0.2) is 12.7 Å². The Hall–Kier alpha value is -1.85. The van der Waals surface area contributed by atoms with Gasteiger partial charge in [-0.1, -0.05) is 19.6 Å². The highest BCUT2D eigenvalue weighted by atomic mass is 16.5. The lowest BCUT2D eigenvalue weighted by Crippen LogP contribution is -2.44. The number of hydrogen-bond acceptors (Lipinski definition) is 5.